The van der Waals surface area contributed by atoms with E-state index < -0.39 is 0 Å². The molecular weight excluding hydrogens is 399 g/mol. The molecule has 0 saturated heterocycles. The zero-order valence-corrected chi connectivity index (χ0v) is 16.0. The van der Waals surface area contributed by atoms with Crippen LogP contribution in [-0.4, -0.2) is 10.9 Å². The van der Waals surface area contributed by atoms with Crippen molar-refractivity contribution in [2.75, 3.05) is 5.32 Å². The molecule has 0 unspecified atom stereocenters. The molecule has 0 saturated carbocycles. The first-order valence-corrected chi connectivity index (χ1v) is 9.37. The molecule has 2 aromatic carbocycles. The molecule has 0 radical (unpaired) electrons. The van der Waals surface area contributed by atoms with Gasteiger partial charge in [0.15, 0.2) is 5.13 Å². The van der Waals surface area contributed by atoms with Gasteiger partial charge in [0.05, 0.1) is 6.42 Å². The monoisotopic (exact) mass is 410 g/mol. The Hall–Kier alpha value is -1.59. The average Bonchev–Trinajstić information content (AvgIpc) is 2.99. The Labute approximate surface area is 164 Å². The summed E-state index contributed by atoms with van der Waals surface area (Å²) >= 11 is 19.4. The summed E-state index contributed by atoms with van der Waals surface area (Å²) in [6, 6.07) is 12.6. The number of hydrogen-bond donors (Lipinski definition) is 1. The minimum absolute atomic E-state index is 0.118. The molecule has 0 aliphatic heterocycles. The molecule has 25 heavy (non-hydrogen) atoms. The van der Waals surface area contributed by atoms with E-state index in [-0.39, 0.29) is 12.3 Å². The minimum Gasteiger partial charge on any atom is -0.302 e. The fourth-order valence-electron chi connectivity index (χ4n) is 2.25. The molecule has 3 aromatic rings. The van der Waals surface area contributed by atoms with E-state index in [1.54, 1.807) is 30.5 Å². The van der Waals surface area contributed by atoms with Crippen molar-refractivity contribution in [2.24, 2.45) is 0 Å². The number of nitrogens with zero attached hydrogens (tertiary/aromatic N) is 1. The highest BCUT2D eigenvalue weighted by molar-refractivity contribution is 7.15. The first-order valence-electron chi connectivity index (χ1n) is 7.42. The third kappa shape index (κ3) is 5.19. The predicted molar refractivity (Wildman–Crippen MR) is 105 cm³/mol. The number of amides is 1. The normalized spacial score (nSPS) is 10.7. The van der Waals surface area contributed by atoms with Gasteiger partial charge in [-0.2, -0.15) is 0 Å². The number of aromatic nitrogens is 1. The van der Waals surface area contributed by atoms with E-state index in [1.165, 1.54) is 11.3 Å². The van der Waals surface area contributed by atoms with Crippen LogP contribution in [0, 0.1) is 0 Å². The van der Waals surface area contributed by atoms with Crippen LogP contribution in [-0.2, 0) is 17.6 Å². The number of thiazole rings is 1. The van der Waals surface area contributed by atoms with Gasteiger partial charge >= 0.3 is 0 Å². The fourth-order valence-corrected chi connectivity index (χ4v) is 3.70. The van der Waals surface area contributed by atoms with E-state index in [0.717, 1.165) is 16.0 Å². The number of halogens is 3. The molecule has 3 rings (SSSR count). The van der Waals surface area contributed by atoms with Crippen molar-refractivity contribution in [1.29, 1.82) is 0 Å². The summed E-state index contributed by atoms with van der Waals surface area (Å²) in [7, 11) is 0. The van der Waals surface area contributed by atoms with Crippen molar-refractivity contribution < 1.29 is 4.79 Å². The molecule has 1 heterocycles. The van der Waals surface area contributed by atoms with Crippen LogP contribution < -0.4 is 5.32 Å². The van der Waals surface area contributed by atoms with Gasteiger partial charge in [-0.05, 0) is 35.4 Å². The SMILES string of the molecule is O=C(Cc1ccc(Cl)cc1)Nc1ncc(Cc2ccc(Cl)cc2Cl)s1. The average molecular weight is 412 g/mol. The molecule has 0 spiro atoms. The van der Waals surface area contributed by atoms with Crippen molar-refractivity contribution >= 4 is 57.2 Å². The lowest BCUT2D eigenvalue weighted by atomic mass is 10.1. The van der Waals surface area contributed by atoms with Crippen LogP contribution in [0.3, 0.4) is 0 Å². The number of carbonyl (C=O) groups excluding carboxylic acids is 1. The van der Waals surface area contributed by atoms with Crippen LogP contribution in [0.1, 0.15) is 16.0 Å². The Morgan fingerprint density at radius 1 is 1.04 bits per heavy atom. The second-order valence-electron chi connectivity index (χ2n) is 5.40. The summed E-state index contributed by atoms with van der Waals surface area (Å²) in [5, 5.41) is 5.26. The predicted octanol–water partition coefficient (Wildman–Crippen LogP) is 5.88. The van der Waals surface area contributed by atoms with Gasteiger partial charge in [0.25, 0.3) is 0 Å². The molecule has 0 fully saturated rings. The largest absolute Gasteiger partial charge is 0.302 e. The Morgan fingerprint density at radius 2 is 1.76 bits per heavy atom. The van der Waals surface area contributed by atoms with Gasteiger partial charge in [0, 0.05) is 32.6 Å². The Bertz CT molecular complexity index is 894. The minimum atomic E-state index is -0.118. The molecule has 128 valence electrons. The standard InChI is InChI=1S/C18H13Cl3N2OS/c19-13-4-1-11(2-5-13)7-17(24)23-18-22-10-15(25-18)8-12-3-6-14(20)9-16(12)21/h1-6,9-10H,7-8H2,(H,22,23,24). The Balaban J connectivity index is 1.61. The second-order valence-corrected chi connectivity index (χ2v) is 7.79. The third-order valence-electron chi connectivity index (χ3n) is 3.46. The lowest BCUT2D eigenvalue weighted by Gasteiger charge is -2.03. The third-order valence-corrected chi connectivity index (χ3v) is 5.21. The smallest absolute Gasteiger partial charge is 0.230 e. The van der Waals surface area contributed by atoms with Crippen molar-refractivity contribution in [3.8, 4) is 0 Å². The van der Waals surface area contributed by atoms with E-state index in [1.807, 2.05) is 18.2 Å². The molecule has 7 heteroatoms. The fraction of sp³-hybridized carbons (Fsp3) is 0.111. The molecule has 3 nitrogen and oxygen atoms in total. The van der Waals surface area contributed by atoms with Crippen LogP contribution in [0.2, 0.25) is 15.1 Å². The summed E-state index contributed by atoms with van der Waals surface area (Å²) in [4.78, 5) is 17.4. The van der Waals surface area contributed by atoms with Gasteiger partial charge in [-0.3, -0.25) is 4.79 Å². The molecule has 1 amide bonds. The van der Waals surface area contributed by atoms with Crippen molar-refractivity contribution in [3.63, 3.8) is 0 Å². The van der Waals surface area contributed by atoms with Crippen LogP contribution in [0.15, 0.2) is 48.7 Å². The van der Waals surface area contributed by atoms with Crippen LogP contribution >= 0.6 is 46.1 Å². The number of benzene rings is 2. The Morgan fingerprint density at radius 3 is 2.48 bits per heavy atom. The van der Waals surface area contributed by atoms with Gasteiger partial charge in [0.1, 0.15) is 0 Å². The lowest BCUT2D eigenvalue weighted by Crippen LogP contribution is -2.13. The maximum atomic E-state index is 12.1. The first-order chi connectivity index (χ1) is 12.0. The number of hydrogen-bond acceptors (Lipinski definition) is 3. The van der Waals surface area contributed by atoms with Gasteiger partial charge in [0.2, 0.25) is 5.91 Å². The van der Waals surface area contributed by atoms with E-state index in [0.29, 0.717) is 26.6 Å². The van der Waals surface area contributed by atoms with Crippen LogP contribution in [0.25, 0.3) is 0 Å². The lowest BCUT2D eigenvalue weighted by molar-refractivity contribution is -0.115. The van der Waals surface area contributed by atoms with Gasteiger partial charge < -0.3 is 5.32 Å². The molecular formula is C18H13Cl3N2OS. The number of carbonyl (C=O) groups is 1. The highest BCUT2D eigenvalue weighted by Gasteiger charge is 2.10. The zero-order chi connectivity index (χ0) is 17.8. The van der Waals surface area contributed by atoms with Gasteiger partial charge in [-0.25, -0.2) is 4.98 Å². The van der Waals surface area contributed by atoms with Crippen molar-refractivity contribution in [3.05, 3.63) is 79.7 Å². The van der Waals surface area contributed by atoms with E-state index in [2.05, 4.69) is 10.3 Å². The second kappa shape index (κ2) is 8.19. The highest BCUT2D eigenvalue weighted by atomic mass is 35.5. The number of anilines is 1. The van der Waals surface area contributed by atoms with Gasteiger partial charge in [-0.15, -0.1) is 11.3 Å². The summed E-state index contributed by atoms with van der Waals surface area (Å²) < 4.78 is 0. The van der Waals surface area contributed by atoms with Crippen LogP contribution in [0.5, 0.6) is 0 Å². The maximum Gasteiger partial charge on any atom is 0.230 e. The maximum absolute atomic E-state index is 12.1. The Kier molecular flexibility index (Phi) is 5.97. The quantitative estimate of drug-likeness (QED) is 0.570. The summed E-state index contributed by atoms with van der Waals surface area (Å²) in [6.45, 7) is 0. The molecule has 1 aromatic heterocycles. The molecule has 0 atom stereocenters. The molecule has 0 bridgehead atoms. The number of nitrogens with one attached hydrogen (secondary N) is 1. The van der Waals surface area contributed by atoms with E-state index >= 15 is 0 Å². The first kappa shape index (κ1) is 18.2. The highest BCUT2D eigenvalue weighted by Crippen LogP contribution is 2.27. The van der Waals surface area contributed by atoms with Crippen molar-refractivity contribution in [2.45, 2.75) is 12.8 Å². The van der Waals surface area contributed by atoms with Gasteiger partial charge in [-0.1, -0.05) is 53.0 Å². The summed E-state index contributed by atoms with van der Waals surface area (Å²) in [5.41, 5.74) is 1.86. The van der Waals surface area contributed by atoms with Crippen LogP contribution in [0.4, 0.5) is 5.13 Å². The molecule has 1 N–H and O–H groups in total. The zero-order valence-electron chi connectivity index (χ0n) is 12.9. The molecule has 0 aliphatic carbocycles. The topological polar surface area (TPSA) is 42.0 Å². The summed E-state index contributed by atoms with van der Waals surface area (Å²) in [5.74, 6) is -0.118. The van der Waals surface area contributed by atoms with Crippen molar-refractivity contribution in [1.82, 2.24) is 4.98 Å². The van der Waals surface area contributed by atoms with E-state index in [9.17, 15) is 4.79 Å². The summed E-state index contributed by atoms with van der Waals surface area (Å²) in [6.07, 6.45) is 2.66. The molecule has 0 aliphatic rings. The van der Waals surface area contributed by atoms with E-state index in [4.69, 9.17) is 34.8 Å². The number of rotatable bonds is 5.